The number of anilines is 1. The summed E-state index contributed by atoms with van der Waals surface area (Å²) in [5.74, 6) is 0. The van der Waals surface area contributed by atoms with Gasteiger partial charge in [0.2, 0.25) is 0 Å². The fourth-order valence-corrected chi connectivity index (χ4v) is 2.99. The lowest BCUT2D eigenvalue weighted by Crippen LogP contribution is -2.16. The molecule has 1 N–H and O–H groups in total. The molecule has 2 aromatic rings. The number of nitrogens with zero attached hydrogens (tertiary/aromatic N) is 3. The summed E-state index contributed by atoms with van der Waals surface area (Å²) in [6.07, 6.45) is 3.04. The molecule has 0 spiro atoms. The van der Waals surface area contributed by atoms with Crippen LogP contribution in [0.2, 0.25) is 0 Å². The van der Waals surface area contributed by atoms with Crippen LogP contribution >= 0.6 is 11.3 Å². The summed E-state index contributed by atoms with van der Waals surface area (Å²) >= 11 is 1.70. The van der Waals surface area contributed by atoms with Gasteiger partial charge in [-0.25, -0.2) is 4.98 Å². The zero-order valence-corrected chi connectivity index (χ0v) is 13.3. The van der Waals surface area contributed by atoms with Crippen LogP contribution in [0.15, 0.2) is 30.5 Å². The number of rotatable bonds is 7. The summed E-state index contributed by atoms with van der Waals surface area (Å²) in [4.78, 5) is 7.85. The van der Waals surface area contributed by atoms with Gasteiger partial charge in [0.05, 0.1) is 11.6 Å². The molecular weight excluding hydrogens is 280 g/mol. The fourth-order valence-electron chi connectivity index (χ4n) is 2.07. The highest BCUT2D eigenvalue weighted by molar-refractivity contribution is 7.15. The van der Waals surface area contributed by atoms with Gasteiger partial charge in [-0.2, -0.15) is 5.26 Å². The van der Waals surface area contributed by atoms with Crippen LogP contribution in [-0.2, 0) is 13.1 Å². The van der Waals surface area contributed by atoms with Crippen molar-refractivity contribution < 1.29 is 0 Å². The zero-order chi connectivity index (χ0) is 15.1. The number of nitrogens with one attached hydrogen (secondary N) is 1. The minimum absolute atomic E-state index is 0.713. The predicted molar refractivity (Wildman–Crippen MR) is 87.2 cm³/mol. The first kappa shape index (κ1) is 15.5. The smallest absolute Gasteiger partial charge is 0.182 e. The molecule has 0 atom stereocenters. The molecule has 0 unspecified atom stereocenters. The largest absolute Gasteiger partial charge is 0.362 e. The number of nitriles is 1. The normalized spacial score (nSPS) is 10.6. The summed E-state index contributed by atoms with van der Waals surface area (Å²) < 4.78 is 0. The van der Waals surface area contributed by atoms with Crippen molar-refractivity contribution in [1.29, 1.82) is 5.26 Å². The van der Waals surface area contributed by atoms with Crippen molar-refractivity contribution in [3.8, 4) is 6.07 Å². The van der Waals surface area contributed by atoms with E-state index in [1.807, 2.05) is 24.4 Å². The van der Waals surface area contributed by atoms with Gasteiger partial charge in [0.1, 0.15) is 0 Å². The van der Waals surface area contributed by atoms with Crippen molar-refractivity contribution in [1.82, 2.24) is 9.88 Å². The van der Waals surface area contributed by atoms with Crippen LogP contribution < -0.4 is 5.32 Å². The quantitative estimate of drug-likeness (QED) is 0.850. The second kappa shape index (κ2) is 7.77. The molecular formula is C16H20N4S. The van der Waals surface area contributed by atoms with Crippen molar-refractivity contribution in [2.45, 2.75) is 26.4 Å². The minimum atomic E-state index is 0.713. The molecule has 110 valence electrons. The average Bonchev–Trinajstić information content (AvgIpc) is 2.92. The van der Waals surface area contributed by atoms with Crippen LogP contribution in [0.25, 0.3) is 0 Å². The summed E-state index contributed by atoms with van der Waals surface area (Å²) in [7, 11) is 2.08. The molecule has 0 saturated heterocycles. The summed E-state index contributed by atoms with van der Waals surface area (Å²) in [6, 6.07) is 9.94. The van der Waals surface area contributed by atoms with Crippen molar-refractivity contribution in [3.63, 3.8) is 0 Å². The molecule has 0 bridgehead atoms. The van der Waals surface area contributed by atoms with Gasteiger partial charge in [0, 0.05) is 30.7 Å². The van der Waals surface area contributed by atoms with E-state index >= 15 is 0 Å². The van der Waals surface area contributed by atoms with Gasteiger partial charge in [0.15, 0.2) is 5.13 Å². The highest BCUT2D eigenvalue weighted by atomic mass is 32.1. The molecule has 1 heterocycles. The Labute approximate surface area is 130 Å². The second-order valence-electron chi connectivity index (χ2n) is 5.04. The lowest BCUT2D eigenvalue weighted by molar-refractivity contribution is 0.322. The maximum atomic E-state index is 8.93. The van der Waals surface area contributed by atoms with E-state index < -0.39 is 0 Å². The topological polar surface area (TPSA) is 52.0 Å². The van der Waals surface area contributed by atoms with E-state index in [-0.39, 0.29) is 0 Å². The summed E-state index contributed by atoms with van der Waals surface area (Å²) in [5.41, 5.74) is 1.87. The Balaban J connectivity index is 1.90. The van der Waals surface area contributed by atoms with Crippen LogP contribution in [0, 0.1) is 11.3 Å². The fraction of sp³-hybridized carbons (Fsp3) is 0.375. The van der Waals surface area contributed by atoms with Crippen molar-refractivity contribution in [2.75, 3.05) is 18.9 Å². The number of aromatic nitrogens is 1. The van der Waals surface area contributed by atoms with Gasteiger partial charge < -0.3 is 5.32 Å². The molecule has 1 aromatic carbocycles. The third-order valence-electron chi connectivity index (χ3n) is 3.01. The van der Waals surface area contributed by atoms with Gasteiger partial charge in [-0.1, -0.05) is 19.1 Å². The van der Waals surface area contributed by atoms with Gasteiger partial charge in [-0.15, -0.1) is 11.3 Å². The Morgan fingerprint density at radius 2 is 2.24 bits per heavy atom. The van der Waals surface area contributed by atoms with Gasteiger partial charge in [-0.05, 0) is 31.2 Å². The Bertz CT molecular complexity index is 615. The molecule has 0 amide bonds. The number of benzene rings is 1. The van der Waals surface area contributed by atoms with Crippen LogP contribution in [-0.4, -0.2) is 23.5 Å². The van der Waals surface area contributed by atoms with E-state index in [0.717, 1.165) is 36.8 Å². The van der Waals surface area contributed by atoms with E-state index in [2.05, 4.69) is 41.3 Å². The maximum Gasteiger partial charge on any atom is 0.182 e. The number of hydrogen-bond donors (Lipinski definition) is 1. The van der Waals surface area contributed by atoms with E-state index in [9.17, 15) is 0 Å². The van der Waals surface area contributed by atoms with Crippen molar-refractivity contribution in [2.24, 2.45) is 0 Å². The molecule has 0 aliphatic heterocycles. The first-order chi connectivity index (χ1) is 10.2. The summed E-state index contributed by atoms with van der Waals surface area (Å²) in [6.45, 7) is 4.79. The van der Waals surface area contributed by atoms with Crippen LogP contribution in [0.5, 0.6) is 0 Å². The predicted octanol–water partition coefficient (Wildman–Crippen LogP) is 3.47. The van der Waals surface area contributed by atoms with E-state index in [1.165, 1.54) is 4.88 Å². The first-order valence-corrected chi connectivity index (χ1v) is 7.89. The molecule has 2 rings (SSSR count). The molecule has 0 aliphatic rings. The molecule has 4 nitrogen and oxygen atoms in total. The number of hydrogen-bond acceptors (Lipinski definition) is 5. The molecule has 1 aromatic heterocycles. The SMILES string of the molecule is CCCNc1ncc(CN(C)Cc2cccc(C#N)c2)s1. The molecule has 5 heteroatoms. The lowest BCUT2D eigenvalue weighted by Gasteiger charge is -2.15. The second-order valence-corrected chi connectivity index (χ2v) is 6.16. The Morgan fingerprint density at radius 1 is 1.38 bits per heavy atom. The van der Waals surface area contributed by atoms with Crippen LogP contribution in [0.3, 0.4) is 0 Å². The van der Waals surface area contributed by atoms with E-state index in [1.54, 1.807) is 11.3 Å². The van der Waals surface area contributed by atoms with Gasteiger partial charge >= 0.3 is 0 Å². The average molecular weight is 300 g/mol. The number of thiazole rings is 1. The van der Waals surface area contributed by atoms with E-state index in [4.69, 9.17) is 5.26 Å². The Hall–Kier alpha value is -1.90. The van der Waals surface area contributed by atoms with Crippen molar-refractivity contribution in [3.05, 3.63) is 46.5 Å². The summed E-state index contributed by atoms with van der Waals surface area (Å²) in [5, 5.41) is 13.2. The van der Waals surface area contributed by atoms with Crippen molar-refractivity contribution >= 4 is 16.5 Å². The van der Waals surface area contributed by atoms with Gasteiger partial charge in [-0.3, -0.25) is 4.90 Å². The highest BCUT2D eigenvalue weighted by Crippen LogP contribution is 2.20. The third kappa shape index (κ3) is 4.85. The Kier molecular flexibility index (Phi) is 5.73. The molecule has 0 fully saturated rings. The van der Waals surface area contributed by atoms with Crippen LogP contribution in [0.1, 0.15) is 29.3 Å². The first-order valence-electron chi connectivity index (χ1n) is 7.07. The lowest BCUT2D eigenvalue weighted by atomic mass is 10.1. The molecule has 0 saturated carbocycles. The highest BCUT2D eigenvalue weighted by Gasteiger charge is 2.06. The minimum Gasteiger partial charge on any atom is -0.362 e. The van der Waals surface area contributed by atoms with E-state index in [0.29, 0.717) is 5.56 Å². The third-order valence-corrected chi connectivity index (χ3v) is 3.95. The maximum absolute atomic E-state index is 8.93. The molecule has 0 aliphatic carbocycles. The monoisotopic (exact) mass is 300 g/mol. The standard InChI is InChI=1S/C16H20N4S/c1-3-7-18-16-19-10-15(21-16)12-20(2)11-14-6-4-5-13(8-14)9-17/h4-6,8,10H,3,7,11-12H2,1-2H3,(H,18,19). The van der Waals surface area contributed by atoms with Gasteiger partial charge in [0.25, 0.3) is 0 Å². The van der Waals surface area contributed by atoms with Crippen LogP contribution in [0.4, 0.5) is 5.13 Å². The molecule has 0 radical (unpaired) electrons. The molecule has 21 heavy (non-hydrogen) atoms. The zero-order valence-electron chi connectivity index (χ0n) is 12.5. The Morgan fingerprint density at radius 3 is 3.00 bits per heavy atom.